The molecule has 3 aromatic rings. The predicted octanol–water partition coefficient (Wildman–Crippen LogP) is 4.45. The highest BCUT2D eigenvalue weighted by atomic mass is 32.1. The van der Waals surface area contributed by atoms with Crippen LogP contribution in [0.4, 0.5) is 10.8 Å². The molecule has 2 aromatic carbocycles. The second-order valence-corrected chi connectivity index (χ2v) is 8.32. The van der Waals surface area contributed by atoms with Gasteiger partial charge in [-0.3, -0.25) is 14.9 Å². The molecule has 29 heavy (non-hydrogen) atoms. The fourth-order valence-corrected chi connectivity index (χ4v) is 3.13. The SMILES string of the molecule is COc1ccc(-c2nnc(NC(=O)c3ccccc3NC(=O)C(C)(C)C)s2)cc1. The van der Waals surface area contributed by atoms with Crippen molar-refractivity contribution in [2.75, 3.05) is 17.7 Å². The van der Waals surface area contributed by atoms with Crippen LogP contribution in [-0.4, -0.2) is 29.1 Å². The summed E-state index contributed by atoms with van der Waals surface area (Å²) in [6, 6.07) is 14.3. The molecule has 0 spiro atoms. The number of anilines is 2. The van der Waals surface area contributed by atoms with Gasteiger partial charge in [-0.2, -0.15) is 0 Å². The Bertz CT molecular complexity index is 1020. The van der Waals surface area contributed by atoms with E-state index in [1.165, 1.54) is 11.3 Å². The van der Waals surface area contributed by atoms with Gasteiger partial charge in [0.2, 0.25) is 11.0 Å². The maximum absolute atomic E-state index is 12.8. The van der Waals surface area contributed by atoms with E-state index in [9.17, 15) is 9.59 Å². The summed E-state index contributed by atoms with van der Waals surface area (Å²) in [5, 5.41) is 14.8. The van der Waals surface area contributed by atoms with Crippen LogP contribution in [0.3, 0.4) is 0 Å². The van der Waals surface area contributed by atoms with E-state index in [1.54, 1.807) is 31.4 Å². The Balaban J connectivity index is 1.76. The normalized spacial score (nSPS) is 11.0. The monoisotopic (exact) mass is 410 g/mol. The summed E-state index contributed by atoms with van der Waals surface area (Å²) < 4.78 is 5.15. The maximum Gasteiger partial charge on any atom is 0.259 e. The Morgan fingerprint density at radius 1 is 0.966 bits per heavy atom. The van der Waals surface area contributed by atoms with E-state index in [0.29, 0.717) is 21.4 Å². The highest BCUT2D eigenvalue weighted by Crippen LogP contribution is 2.28. The molecule has 0 fully saturated rings. The molecule has 8 heteroatoms. The van der Waals surface area contributed by atoms with Crippen molar-refractivity contribution in [1.29, 1.82) is 0 Å². The van der Waals surface area contributed by atoms with Gasteiger partial charge in [-0.05, 0) is 36.4 Å². The minimum absolute atomic E-state index is 0.171. The summed E-state index contributed by atoms with van der Waals surface area (Å²) in [4.78, 5) is 25.1. The molecule has 0 aliphatic rings. The molecule has 0 bridgehead atoms. The molecular weight excluding hydrogens is 388 g/mol. The molecular formula is C21H22N4O3S. The number of nitrogens with zero attached hydrogens (tertiary/aromatic N) is 2. The van der Waals surface area contributed by atoms with Crippen LogP contribution in [-0.2, 0) is 4.79 Å². The van der Waals surface area contributed by atoms with Gasteiger partial charge >= 0.3 is 0 Å². The predicted molar refractivity (Wildman–Crippen MR) is 114 cm³/mol. The second-order valence-electron chi connectivity index (χ2n) is 7.34. The van der Waals surface area contributed by atoms with Crippen molar-refractivity contribution in [3.63, 3.8) is 0 Å². The van der Waals surface area contributed by atoms with Crippen molar-refractivity contribution in [2.45, 2.75) is 20.8 Å². The summed E-state index contributed by atoms with van der Waals surface area (Å²) in [7, 11) is 1.61. The molecule has 0 aliphatic heterocycles. The van der Waals surface area contributed by atoms with Gasteiger partial charge in [-0.25, -0.2) is 0 Å². The Morgan fingerprint density at radius 2 is 1.66 bits per heavy atom. The Kier molecular flexibility index (Phi) is 5.93. The number of ether oxygens (including phenoxy) is 1. The Labute approximate surface area is 173 Å². The van der Waals surface area contributed by atoms with Gasteiger partial charge in [0.05, 0.1) is 18.4 Å². The molecule has 0 atom stereocenters. The van der Waals surface area contributed by atoms with E-state index in [4.69, 9.17) is 4.74 Å². The van der Waals surface area contributed by atoms with E-state index in [2.05, 4.69) is 20.8 Å². The molecule has 3 rings (SSSR count). The zero-order valence-corrected chi connectivity index (χ0v) is 17.5. The Morgan fingerprint density at radius 3 is 2.31 bits per heavy atom. The van der Waals surface area contributed by atoms with Crippen molar-refractivity contribution in [2.24, 2.45) is 5.41 Å². The summed E-state index contributed by atoms with van der Waals surface area (Å²) in [5.74, 6) is 0.211. The van der Waals surface area contributed by atoms with Gasteiger partial charge in [0.15, 0.2) is 0 Å². The molecule has 0 saturated heterocycles. The minimum atomic E-state index is -0.573. The maximum atomic E-state index is 12.8. The number of hydrogen-bond donors (Lipinski definition) is 2. The van der Waals surface area contributed by atoms with Crippen LogP contribution < -0.4 is 15.4 Å². The summed E-state index contributed by atoms with van der Waals surface area (Å²) in [6.45, 7) is 5.44. The van der Waals surface area contributed by atoms with Crippen LogP contribution in [0.15, 0.2) is 48.5 Å². The number of hydrogen-bond acceptors (Lipinski definition) is 6. The van der Waals surface area contributed by atoms with E-state index in [0.717, 1.165) is 11.3 Å². The van der Waals surface area contributed by atoms with Gasteiger partial charge in [0.25, 0.3) is 5.91 Å². The lowest BCUT2D eigenvalue weighted by Gasteiger charge is -2.19. The average Bonchev–Trinajstić information content (AvgIpc) is 3.16. The zero-order valence-electron chi connectivity index (χ0n) is 16.6. The molecule has 1 aromatic heterocycles. The number of amides is 2. The minimum Gasteiger partial charge on any atom is -0.497 e. The molecule has 7 nitrogen and oxygen atoms in total. The average molecular weight is 410 g/mol. The first-order chi connectivity index (χ1) is 13.8. The number of nitrogens with one attached hydrogen (secondary N) is 2. The number of para-hydroxylation sites is 1. The third-order valence-electron chi connectivity index (χ3n) is 4.08. The lowest BCUT2D eigenvalue weighted by molar-refractivity contribution is -0.123. The van der Waals surface area contributed by atoms with Gasteiger partial charge in [-0.1, -0.05) is 44.2 Å². The third-order valence-corrected chi connectivity index (χ3v) is 4.97. The molecule has 0 radical (unpaired) electrons. The summed E-state index contributed by atoms with van der Waals surface area (Å²) in [6.07, 6.45) is 0. The molecule has 0 aliphatic carbocycles. The van der Waals surface area contributed by atoms with Gasteiger partial charge in [-0.15, -0.1) is 10.2 Å². The molecule has 0 unspecified atom stereocenters. The first-order valence-corrected chi connectivity index (χ1v) is 9.79. The quantitative estimate of drug-likeness (QED) is 0.648. The second kappa shape index (κ2) is 8.40. The number of aromatic nitrogens is 2. The number of methoxy groups -OCH3 is 1. The van der Waals surface area contributed by atoms with Gasteiger partial charge in [0, 0.05) is 11.0 Å². The van der Waals surface area contributed by atoms with Crippen LogP contribution in [0.1, 0.15) is 31.1 Å². The zero-order chi connectivity index (χ0) is 21.0. The lowest BCUT2D eigenvalue weighted by Crippen LogP contribution is -2.28. The largest absolute Gasteiger partial charge is 0.497 e. The summed E-state index contributed by atoms with van der Waals surface area (Å²) >= 11 is 1.26. The smallest absolute Gasteiger partial charge is 0.259 e. The van der Waals surface area contributed by atoms with Gasteiger partial charge in [0.1, 0.15) is 10.8 Å². The highest BCUT2D eigenvalue weighted by molar-refractivity contribution is 7.18. The van der Waals surface area contributed by atoms with Crippen molar-refractivity contribution in [1.82, 2.24) is 10.2 Å². The highest BCUT2D eigenvalue weighted by Gasteiger charge is 2.23. The van der Waals surface area contributed by atoms with Crippen LogP contribution in [0.2, 0.25) is 0 Å². The fourth-order valence-electron chi connectivity index (χ4n) is 2.39. The van der Waals surface area contributed by atoms with Crippen molar-refractivity contribution in [3.8, 4) is 16.3 Å². The van der Waals surface area contributed by atoms with Crippen LogP contribution in [0.25, 0.3) is 10.6 Å². The van der Waals surface area contributed by atoms with Crippen LogP contribution >= 0.6 is 11.3 Å². The summed E-state index contributed by atoms with van der Waals surface area (Å²) in [5.41, 5.74) is 1.11. The molecule has 2 amide bonds. The molecule has 0 saturated carbocycles. The molecule has 2 N–H and O–H groups in total. The van der Waals surface area contributed by atoms with Crippen LogP contribution in [0.5, 0.6) is 5.75 Å². The van der Waals surface area contributed by atoms with Crippen molar-refractivity contribution >= 4 is 34.0 Å². The third kappa shape index (κ3) is 4.97. The number of rotatable bonds is 5. The first-order valence-electron chi connectivity index (χ1n) is 8.97. The van der Waals surface area contributed by atoms with E-state index in [-0.39, 0.29) is 11.8 Å². The molecule has 150 valence electrons. The number of benzene rings is 2. The Hall–Kier alpha value is -3.26. The first kappa shape index (κ1) is 20.5. The van der Waals surface area contributed by atoms with Crippen molar-refractivity contribution in [3.05, 3.63) is 54.1 Å². The van der Waals surface area contributed by atoms with E-state index in [1.807, 2.05) is 45.0 Å². The van der Waals surface area contributed by atoms with Gasteiger partial charge < -0.3 is 10.1 Å². The number of carbonyl (C=O) groups is 2. The van der Waals surface area contributed by atoms with E-state index < -0.39 is 5.41 Å². The lowest BCUT2D eigenvalue weighted by atomic mass is 9.95. The van der Waals surface area contributed by atoms with Crippen LogP contribution in [0, 0.1) is 5.41 Å². The number of carbonyl (C=O) groups excluding carboxylic acids is 2. The fraction of sp³-hybridized carbons (Fsp3) is 0.238. The van der Waals surface area contributed by atoms with Crippen molar-refractivity contribution < 1.29 is 14.3 Å². The standard InChI is InChI=1S/C21H22N4O3S/c1-21(2,3)19(27)22-16-8-6-5-7-15(16)17(26)23-20-25-24-18(29-20)13-9-11-14(28-4)12-10-13/h5-12H,1-4H3,(H,22,27)(H,23,25,26). The molecule has 1 heterocycles. The topological polar surface area (TPSA) is 93.2 Å². The van der Waals surface area contributed by atoms with E-state index >= 15 is 0 Å².